The summed E-state index contributed by atoms with van der Waals surface area (Å²) in [5.74, 6) is -1.73. The van der Waals surface area contributed by atoms with Crippen molar-refractivity contribution in [2.24, 2.45) is 5.73 Å². The summed E-state index contributed by atoms with van der Waals surface area (Å²) in [4.78, 5) is 32.8. The van der Waals surface area contributed by atoms with Crippen LogP contribution in [0, 0.1) is 0 Å². The molecule has 0 radical (unpaired) electrons. The maximum absolute atomic E-state index is 11.2. The normalized spacial score (nSPS) is 25.5. The molecule has 80 valence electrons. The quantitative estimate of drug-likeness (QED) is 0.398. The lowest BCUT2D eigenvalue weighted by Gasteiger charge is -2.22. The van der Waals surface area contributed by atoms with Gasteiger partial charge in [0.15, 0.2) is 6.54 Å². The number of amides is 3. The largest absolute Gasteiger partial charge is 0.477 e. The van der Waals surface area contributed by atoms with Gasteiger partial charge in [0.25, 0.3) is 0 Å². The maximum Gasteiger partial charge on any atom is 0.426 e. The molecule has 3 amide bonds. The minimum atomic E-state index is -1.23. The van der Waals surface area contributed by atoms with Crippen LogP contribution < -0.4 is 11.1 Å². The zero-order chi connectivity index (χ0) is 10.1. The zero-order valence-electron chi connectivity index (χ0n) is 7.23. The molecule has 1 heterocycles. The molecule has 4 N–H and O–H groups in total. The summed E-state index contributed by atoms with van der Waals surface area (Å²) in [6.07, 6.45) is 0. The third-order valence-corrected chi connectivity index (χ3v) is 1.97. The third-order valence-electron chi connectivity index (χ3n) is 1.97. The average molecular weight is 225 g/mol. The minimum Gasteiger partial charge on any atom is -0.477 e. The number of nitrogens with zero attached hydrogens (tertiary/aromatic N) is 1. The van der Waals surface area contributed by atoms with Gasteiger partial charge in [0.1, 0.15) is 13.2 Å². The molecule has 0 aliphatic carbocycles. The summed E-state index contributed by atoms with van der Waals surface area (Å²) in [5.41, 5.74) is 5.23. The van der Waals surface area contributed by atoms with Crippen LogP contribution in [0.3, 0.4) is 0 Å². The van der Waals surface area contributed by atoms with Gasteiger partial charge in [-0.05, 0) is 0 Å². The van der Waals surface area contributed by atoms with Crippen LogP contribution in [0.25, 0.3) is 0 Å². The van der Waals surface area contributed by atoms with E-state index >= 15 is 0 Å². The van der Waals surface area contributed by atoms with Crippen molar-refractivity contribution in [1.82, 2.24) is 5.32 Å². The molecular formula is C6H11ClN3O4+. The Balaban J connectivity index is 0.00000169. The summed E-state index contributed by atoms with van der Waals surface area (Å²) in [5, 5.41) is 10.8. The highest BCUT2D eigenvalue weighted by Gasteiger charge is 2.50. The number of aliphatic carboxylic acids is 1. The van der Waals surface area contributed by atoms with Crippen molar-refractivity contribution in [1.29, 1.82) is 0 Å². The lowest BCUT2D eigenvalue weighted by Crippen LogP contribution is -2.59. The van der Waals surface area contributed by atoms with Crippen molar-refractivity contribution in [3.63, 3.8) is 0 Å². The lowest BCUT2D eigenvalue weighted by atomic mass is 10.4. The second-order valence-corrected chi connectivity index (χ2v) is 2.75. The van der Waals surface area contributed by atoms with Crippen molar-refractivity contribution in [2.45, 2.75) is 0 Å². The Bertz CT molecular complexity index is 264. The Morgan fingerprint density at radius 1 is 1.57 bits per heavy atom. The van der Waals surface area contributed by atoms with E-state index < -0.39 is 28.9 Å². The van der Waals surface area contributed by atoms with E-state index in [1.807, 2.05) is 0 Å². The van der Waals surface area contributed by atoms with Gasteiger partial charge in [-0.2, -0.15) is 4.48 Å². The van der Waals surface area contributed by atoms with Crippen LogP contribution in [0.1, 0.15) is 0 Å². The molecular weight excluding hydrogens is 214 g/mol. The van der Waals surface area contributed by atoms with Gasteiger partial charge in [0.2, 0.25) is 0 Å². The van der Waals surface area contributed by atoms with Gasteiger partial charge in [-0.15, -0.1) is 12.4 Å². The molecule has 1 fully saturated rings. The molecule has 1 unspecified atom stereocenters. The molecule has 0 bridgehead atoms. The van der Waals surface area contributed by atoms with E-state index in [2.05, 4.69) is 5.32 Å². The number of rotatable bonds is 3. The number of hydrogen-bond donors (Lipinski definition) is 3. The van der Waals surface area contributed by atoms with Crippen molar-refractivity contribution in [2.75, 3.05) is 19.8 Å². The number of halogens is 1. The molecule has 1 aliphatic rings. The second kappa shape index (κ2) is 4.36. The van der Waals surface area contributed by atoms with Crippen LogP contribution in [0.4, 0.5) is 4.79 Å². The first-order chi connectivity index (χ1) is 6.03. The molecule has 0 saturated carbocycles. The Morgan fingerprint density at radius 3 is 2.43 bits per heavy atom. The first-order valence-electron chi connectivity index (χ1n) is 3.63. The number of hydrogen-bond acceptors (Lipinski definition) is 4. The number of nitrogens with one attached hydrogen (secondary N) is 1. The molecule has 0 spiro atoms. The first kappa shape index (κ1) is 12.8. The van der Waals surface area contributed by atoms with Crippen LogP contribution in [-0.4, -0.2) is 47.3 Å². The lowest BCUT2D eigenvalue weighted by molar-refractivity contribution is -0.759. The van der Waals surface area contributed by atoms with Crippen LogP contribution in [0.2, 0.25) is 0 Å². The topological polar surface area (TPSA) is 109 Å². The number of carboxylic acid groups (broad SMARTS) is 1. The van der Waals surface area contributed by atoms with Gasteiger partial charge in [0, 0.05) is 0 Å². The summed E-state index contributed by atoms with van der Waals surface area (Å²) in [7, 11) is 0. The molecule has 8 heteroatoms. The first-order valence-corrected chi connectivity index (χ1v) is 3.63. The summed E-state index contributed by atoms with van der Waals surface area (Å²) in [6.45, 7) is -1.07. The number of imide groups is 1. The minimum absolute atomic E-state index is 0. The van der Waals surface area contributed by atoms with Gasteiger partial charge in [-0.1, -0.05) is 0 Å². The highest BCUT2D eigenvalue weighted by Crippen LogP contribution is 2.11. The van der Waals surface area contributed by atoms with Gasteiger partial charge in [-0.3, -0.25) is 11.1 Å². The Morgan fingerprint density at radius 2 is 2.14 bits per heavy atom. The number of quaternary nitrogens is 1. The molecule has 7 nitrogen and oxygen atoms in total. The smallest absolute Gasteiger partial charge is 0.426 e. The average Bonchev–Trinajstić information content (AvgIpc) is 2.32. The van der Waals surface area contributed by atoms with Crippen LogP contribution >= 0.6 is 12.4 Å². The van der Waals surface area contributed by atoms with Gasteiger partial charge >= 0.3 is 17.9 Å². The van der Waals surface area contributed by atoms with E-state index in [0.29, 0.717) is 0 Å². The van der Waals surface area contributed by atoms with Gasteiger partial charge in [0.05, 0.1) is 0 Å². The zero-order valence-corrected chi connectivity index (χ0v) is 8.04. The standard InChI is InChI=1S/C6H9N3O4.ClH/c7-3-9(2-5(11)12)4(10)1-8-6(9)13;/h1-3,7H2,(H-,8,11,12,13);1H/p+1. The number of carboxylic acids is 1. The summed E-state index contributed by atoms with van der Waals surface area (Å²) < 4.78 is -0.838. The number of urea groups is 1. The van der Waals surface area contributed by atoms with Crippen LogP contribution in [-0.2, 0) is 9.59 Å². The predicted molar refractivity (Wildman–Crippen MR) is 47.5 cm³/mol. The van der Waals surface area contributed by atoms with Crippen LogP contribution in [0.5, 0.6) is 0 Å². The SMILES string of the molecule is Cl.NC[N+]1(CC(=O)O)C(=O)CNC1=O. The summed E-state index contributed by atoms with van der Waals surface area (Å²) in [6, 6.07) is -0.644. The van der Waals surface area contributed by atoms with Crippen LogP contribution in [0.15, 0.2) is 0 Å². The van der Waals surface area contributed by atoms with E-state index in [1.165, 1.54) is 0 Å². The Hall–Kier alpha value is -1.18. The van der Waals surface area contributed by atoms with Crippen molar-refractivity contribution >= 4 is 30.3 Å². The van der Waals surface area contributed by atoms with Gasteiger partial charge < -0.3 is 5.11 Å². The van der Waals surface area contributed by atoms with Gasteiger partial charge in [-0.25, -0.2) is 14.4 Å². The molecule has 1 saturated heterocycles. The molecule has 1 aliphatic heterocycles. The number of nitrogens with two attached hydrogens (primary N) is 1. The highest BCUT2D eigenvalue weighted by atomic mass is 35.5. The fourth-order valence-electron chi connectivity index (χ4n) is 1.21. The highest BCUT2D eigenvalue weighted by molar-refractivity contribution is 5.93. The Kier molecular flexibility index (Phi) is 3.99. The van der Waals surface area contributed by atoms with E-state index in [-0.39, 0.29) is 25.6 Å². The maximum atomic E-state index is 11.2. The number of carbonyl (C=O) groups is 3. The second-order valence-electron chi connectivity index (χ2n) is 2.75. The molecule has 14 heavy (non-hydrogen) atoms. The molecule has 1 atom stereocenters. The predicted octanol–water partition coefficient (Wildman–Crippen LogP) is -1.52. The molecule has 0 aromatic rings. The van der Waals surface area contributed by atoms with E-state index in [0.717, 1.165) is 0 Å². The number of carbonyl (C=O) groups excluding carboxylic acids is 2. The molecule has 1 rings (SSSR count). The van der Waals surface area contributed by atoms with E-state index in [1.54, 1.807) is 0 Å². The van der Waals surface area contributed by atoms with E-state index in [9.17, 15) is 14.4 Å². The molecule has 0 aromatic heterocycles. The fraction of sp³-hybridized carbons (Fsp3) is 0.500. The molecule has 0 aromatic carbocycles. The van der Waals surface area contributed by atoms with Crippen molar-refractivity contribution < 1.29 is 24.0 Å². The summed E-state index contributed by atoms with van der Waals surface area (Å²) >= 11 is 0. The van der Waals surface area contributed by atoms with Crippen molar-refractivity contribution in [3.8, 4) is 0 Å². The van der Waals surface area contributed by atoms with E-state index in [4.69, 9.17) is 10.8 Å². The fourth-order valence-corrected chi connectivity index (χ4v) is 1.21. The third kappa shape index (κ3) is 1.84. The monoisotopic (exact) mass is 224 g/mol. The Labute approximate surface area is 85.8 Å². The van der Waals surface area contributed by atoms with Crippen molar-refractivity contribution in [3.05, 3.63) is 0 Å².